The number of ether oxygens (including phenoxy) is 2. The second kappa shape index (κ2) is 10.9. The zero-order valence-electron chi connectivity index (χ0n) is 23.9. The Morgan fingerprint density at radius 1 is 1.20 bits per heavy atom. The highest BCUT2D eigenvalue weighted by Gasteiger charge is 2.60. The summed E-state index contributed by atoms with van der Waals surface area (Å²) in [6, 6.07) is 7.41. The summed E-state index contributed by atoms with van der Waals surface area (Å²) in [5.74, 6) is -3.66. The number of benzene rings is 2. The number of nitrogens with one attached hydrogen (secondary N) is 1. The monoisotopic (exact) mass is 649 g/mol. The molecule has 242 valence electrons. The van der Waals surface area contributed by atoms with Gasteiger partial charge in [-0.05, 0) is 55.3 Å². The van der Waals surface area contributed by atoms with Crippen LogP contribution >= 0.6 is 0 Å². The van der Waals surface area contributed by atoms with Crippen LogP contribution in [0.3, 0.4) is 0 Å². The van der Waals surface area contributed by atoms with Crippen molar-refractivity contribution < 1.29 is 50.5 Å². The van der Waals surface area contributed by atoms with Crippen LogP contribution in [0.15, 0.2) is 48.7 Å². The summed E-state index contributed by atoms with van der Waals surface area (Å²) < 4.78 is 99.1. The van der Waals surface area contributed by atoms with Crippen LogP contribution in [0.1, 0.15) is 40.5 Å². The van der Waals surface area contributed by atoms with Gasteiger partial charge in [0.1, 0.15) is 35.1 Å². The molecule has 1 saturated carbocycles. The Hall–Kier alpha value is -4.86. The Bertz CT molecular complexity index is 1860. The predicted octanol–water partition coefficient (Wildman–Crippen LogP) is 4.14. The zero-order valence-corrected chi connectivity index (χ0v) is 23.9. The highest BCUT2D eigenvalue weighted by atomic mass is 19.4. The minimum Gasteiger partial charge on any atom is -0.494 e. The van der Waals surface area contributed by atoms with Crippen LogP contribution in [0.25, 0.3) is 22.2 Å². The van der Waals surface area contributed by atoms with Gasteiger partial charge in [-0.25, -0.2) is 18.2 Å². The number of nitrogens with two attached hydrogens (primary N) is 1. The molecule has 1 fully saturated rings. The number of amides is 2. The number of primary amides is 1. The van der Waals surface area contributed by atoms with E-state index in [2.05, 4.69) is 15.4 Å². The number of alkyl halides is 5. The maximum Gasteiger partial charge on any atom is 0.424 e. The van der Waals surface area contributed by atoms with Crippen LogP contribution < -0.4 is 20.5 Å². The van der Waals surface area contributed by atoms with Gasteiger partial charge in [0.2, 0.25) is 11.5 Å². The molecule has 10 nitrogen and oxygen atoms in total. The first-order valence-corrected chi connectivity index (χ1v) is 13.9. The van der Waals surface area contributed by atoms with Crippen molar-refractivity contribution in [1.82, 2.24) is 20.1 Å². The fourth-order valence-corrected chi connectivity index (χ4v) is 5.36. The number of hydrogen-bond acceptors (Lipinski definition) is 7. The Morgan fingerprint density at radius 3 is 2.48 bits per heavy atom. The third kappa shape index (κ3) is 4.96. The third-order valence-electron chi connectivity index (χ3n) is 8.22. The van der Waals surface area contributed by atoms with E-state index in [1.807, 2.05) is 0 Å². The van der Waals surface area contributed by atoms with Crippen molar-refractivity contribution in [3.63, 3.8) is 0 Å². The molecule has 1 aliphatic heterocycles. The van der Waals surface area contributed by atoms with E-state index in [-0.39, 0.29) is 22.9 Å². The Kier molecular flexibility index (Phi) is 7.37. The van der Waals surface area contributed by atoms with Gasteiger partial charge in [-0.1, -0.05) is 0 Å². The summed E-state index contributed by atoms with van der Waals surface area (Å²) in [6.45, 7) is -2.55. The largest absolute Gasteiger partial charge is 0.494 e. The fourth-order valence-electron chi connectivity index (χ4n) is 5.36. The van der Waals surface area contributed by atoms with E-state index in [1.165, 1.54) is 19.2 Å². The lowest BCUT2D eigenvalue weighted by molar-refractivity contribution is -0.265. The van der Waals surface area contributed by atoms with Crippen LogP contribution in [0.5, 0.6) is 11.5 Å². The van der Waals surface area contributed by atoms with E-state index in [1.54, 1.807) is 10.9 Å². The van der Waals surface area contributed by atoms with Crippen molar-refractivity contribution in [2.45, 2.75) is 42.5 Å². The van der Waals surface area contributed by atoms with Crippen molar-refractivity contribution in [3.8, 4) is 22.8 Å². The maximum absolute atomic E-state index is 14.7. The molecule has 2 aromatic heterocycles. The van der Waals surface area contributed by atoms with Gasteiger partial charge in [-0.3, -0.25) is 14.3 Å². The van der Waals surface area contributed by atoms with E-state index in [4.69, 9.17) is 15.2 Å². The molecular weight excluding hydrogens is 624 g/mol. The number of fused-ring (bicyclic) bond motifs is 2. The van der Waals surface area contributed by atoms with E-state index < -0.39 is 77.1 Å². The molecule has 2 atom stereocenters. The SMILES string of the molecule is COc1cc(C(=O)NCC(O)(c2cc3c(c(-c4ccc(F)cc4)n2)OC[C@]3(C(N)=O)C(F)F)C(F)(F)F)cc2cn(C3CC3)nc12. The molecule has 3 heterocycles. The number of aliphatic hydroxyl groups is 1. The highest BCUT2D eigenvalue weighted by molar-refractivity contribution is 6.00. The molecule has 4 aromatic rings. The van der Waals surface area contributed by atoms with Gasteiger partial charge in [-0.15, -0.1) is 0 Å². The Morgan fingerprint density at radius 2 is 1.89 bits per heavy atom. The summed E-state index contributed by atoms with van der Waals surface area (Å²) in [7, 11) is 1.34. The molecule has 0 radical (unpaired) electrons. The molecular formula is C30H25F6N5O5. The molecule has 2 aliphatic rings. The number of nitrogens with zero attached hydrogens (tertiary/aromatic N) is 3. The van der Waals surface area contributed by atoms with Gasteiger partial charge in [-0.2, -0.15) is 18.3 Å². The molecule has 2 amide bonds. The minimum absolute atomic E-state index is 0.0743. The Labute approximate surface area is 256 Å². The topological polar surface area (TPSA) is 142 Å². The second-order valence-electron chi connectivity index (χ2n) is 11.2. The normalized spacial score (nSPS) is 19.1. The van der Waals surface area contributed by atoms with Gasteiger partial charge in [0.05, 0.1) is 25.4 Å². The van der Waals surface area contributed by atoms with Crippen molar-refractivity contribution in [3.05, 3.63) is 71.3 Å². The molecule has 6 rings (SSSR count). The predicted molar refractivity (Wildman–Crippen MR) is 149 cm³/mol. The number of halogens is 6. The van der Waals surface area contributed by atoms with Gasteiger partial charge in [0.15, 0.2) is 5.41 Å². The van der Waals surface area contributed by atoms with Gasteiger partial charge in [0.25, 0.3) is 12.3 Å². The number of carbonyl (C=O) groups is 2. The van der Waals surface area contributed by atoms with Crippen LogP contribution in [-0.4, -0.2) is 64.5 Å². The first-order valence-electron chi connectivity index (χ1n) is 13.9. The standard InChI is InChI=1S/C30H25F6N5O5/c1-45-20-9-15(8-16-11-41(18-6-7-18)40-22(16)20)25(42)38-12-29(44,30(34,35)36)21-10-19-24(46-13-28(19,26(32)33)27(37)43)23(39-21)14-2-4-17(31)5-3-14/h2-5,8-11,18,26,44H,6-7,12-13H2,1H3,(H2,37,43)(H,38,42)/t28-,29?/m1/s1. The highest BCUT2D eigenvalue weighted by Crippen LogP contribution is 2.50. The average Bonchev–Trinajstić information content (AvgIpc) is 3.64. The quantitative estimate of drug-likeness (QED) is 0.232. The first kappa shape index (κ1) is 31.1. The summed E-state index contributed by atoms with van der Waals surface area (Å²) >= 11 is 0. The lowest BCUT2D eigenvalue weighted by Crippen LogP contribution is -2.52. The molecule has 0 bridgehead atoms. The molecule has 0 spiro atoms. The van der Waals surface area contributed by atoms with E-state index in [0.29, 0.717) is 17.0 Å². The number of carbonyl (C=O) groups excluding carboxylic acids is 2. The zero-order chi connectivity index (χ0) is 33.2. The van der Waals surface area contributed by atoms with Crippen LogP contribution in [0.4, 0.5) is 26.3 Å². The van der Waals surface area contributed by atoms with Gasteiger partial charge < -0.3 is 25.6 Å². The second-order valence-corrected chi connectivity index (χ2v) is 11.2. The molecule has 1 unspecified atom stereocenters. The van der Waals surface area contributed by atoms with Gasteiger partial charge >= 0.3 is 6.18 Å². The van der Waals surface area contributed by atoms with Crippen LogP contribution in [0, 0.1) is 5.82 Å². The Balaban J connectivity index is 1.42. The van der Waals surface area contributed by atoms with E-state index in [0.717, 1.165) is 37.1 Å². The van der Waals surface area contributed by atoms with Crippen molar-refractivity contribution in [2.24, 2.45) is 5.73 Å². The number of aromatic nitrogens is 3. The maximum atomic E-state index is 14.7. The lowest BCUT2D eigenvalue weighted by Gasteiger charge is -2.32. The molecule has 0 saturated heterocycles. The number of methoxy groups -OCH3 is 1. The lowest BCUT2D eigenvalue weighted by atomic mass is 9.80. The first-order chi connectivity index (χ1) is 21.7. The molecule has 2 aromatic carbocycles. The van der Waals surface area contributed by atoms with Crippen molar-refractivity contribution in [1.29, 1.82) is 0 Å². The molecule has 46 heavy (non-hydrogen) atoms. The van der Waals surface area contributed by atoms with Gasteiger partial charge in [0, 0.05) is 28.3 Å². The number of pyridine rings is 1. The summed E-state index contributed by atoms with van der Waals surface area (Å²) in [4.78, 5) is 29.5. The van der Waals surface area contributed by atoms with Crippen molar-refractivity contribution >= 4 is 22.7 Å². The molecule has 1 aliphatic carbocycles. The minimum atomic E-state index is -5.55. The summed E-state index contributed by atoms with van der Waals surface area (Å²) in [5, 5.41) is 18.2. The van der Waals surface area contributed by atoms with Crippen LogP contribution in [-0.2, 0) is 15.8 Å². The molecule has 4 N–H and O–H groups in total. The van der Waals surface area contributed by atoms with Crippen LogP contribution in [0.2, 0.25) is 0 Å². The number of rotatable bonds is 9. The summed E-state index contributed by atoms with van der Waals surface area (Å²) in [5.41, 5.74) is -3.79. The smallest absolute Gasteiger partial charge is 0.424 e. The number of hydrogen-bond donors (Lipinski definition) is 3. The average molecular weight is 650 g/mol. The third-order valence-corrected chi connectivity index (χ3v) is 8.22. The van der Waals surface area contributed by atoms with Crippen molar-refractivity contribution in [2.75, 3.05) is 20.3 Å². The fraction of sp³-hybridized carbons (Fsp3) is 0.333. The van der Waals surface area contributed by atoms with E-state index >= 15 is 0 Å². The molecule has 16 heteroatoms. The van der Waals surface area contributed by atoms with E-state index in [9.17, 15) is 41.0 Å². The summed E-state index contributed by atoms with van der Waals surface area (Å²) in [6.07, 6.45) is -5.56.